The summed E-state index contributed by atoms with van der Waals surface area (Å²) in [5, 5.41) is 13.7. The topological polar surface area (TPSA) is 71.3 Å². The molecule has 0 atom stereocenters. The van der Waals surface area contributed by atoms with E-state index in [1.165, 1.54) is 55.9 Å². The zero-order valence-electron chi connectivity index (χ0n) is 17.3. The third kappa shape index (κ3) is 5.85. The third-order valence-corrected chi connectivity index (χ3v) is 5.32. The van der Waals surface area contributed by atoms with Crippen molar-refractivity contribution in [3.63, 3.8) is 0 Å². The molecule has 2 rings (SSSR count). The fourth-order valence-corrected chi connectivity index (χ4v) is 3.59. The molecule has 0 radical (unpaired) electrons. The summed E-state index contributed by atoms with van der Waals surface area (Å²) in [6, 6.07) is 7.04. The molecule has 0 aliphatic carbocycles. The number of aromatic hydroxyl groups is 1. The number of aromatic nitrogens is 1. The number of rotatable bonds is 12. The maximum atomic E-state index is 12.5. The molecule has 0 aliphatic rings. The molecule has 0 spiro atoms. The van der Waals surface area contributed by atoms with Crippen LogP contribution in [-0.2, 0) is 7.05 Å². The number of pyridine rings is 1. The van der Waals surface area contributed by atoms with Crippen molar-refractivity contribution in [2.24, 2.45) is 7.05 Å². The van der Waals surface area contributed by atoms with Crippen molar-refractivity contribution in [3.05, 3.63) is 40.2 Å². The molecule has 0 saturated carbocycles. The van der Waals surface area contributed by atoms with Crippen LogP contribution in [0, 0.1) is 0 Å². The molecule has 0 fully saturated rings. The van der Waals surface area contributed by atoms with Gasteiger partial charge in [0.2, 0.25) is 0 Å². The van der Waals surface area contributed by atoms with Gasteiger partial charge in [-0.3, -0.25) is 9.59 Å². The van der Waals surface area contributed by atoms with Crippen molar-refractivity contribution < 1.29 is 9.90 Å². The third-order valence-electron chi connectivity index (χ3n) is 5.32. The molecule has 0 aliphatic heterocycles. The number of para-hydroxylation sites is 1. The Kier molecular flexibility index (Phi) is 9.05. The van der Waals surface area contributed by atoms with Crippen molar-refractivity contribution >= 4 is 16.8 Å². The molecule has 1 aromatic heterocycles. The summed E-state index contributed by atoms with van der Waals surface area (Å²) in [7, 11) is 1.61. The van der Waals surface area contributed by atoms with E-state index < -0.39 is 11.5 Å². The van der Waals surface area contributed by atoms with Crippen LogP contribution in [0.3, 0.4) is 0 Å². The molecule has 5 heteroatoms. The van der Waals surface area contributed by atoms with Crippen LogP contribution in [0.4, 0.5) is 0 Å². The zero-order valence-corrected chi connectivity index (χ0v) is 17.3. The summed E-state index contributed by atoms with van der Waals surface area (Å²) in [5.74, 6) is -0.737. The summed E-state index contributed by atoms with van der Waals surface area (Å²) in [5.41, 5.74) is -0.0405. The van der Waals surface area contributed by atoms with E-state index >= 15 is 0 Å². The van der Waals surface area contributed by atoms with Gasteiger partial charge in [0.15, 0.2) is 0 Å². The molecule has 154 valence electrons. The lowest BCUT2D eigenvalue weighted by molar-refractivity contribution is 0.0948. The Morgan fingerprint density at radius 3 is 2.18 bits per heavy atom. The molecular formula is C23H34N2O3. The van der Waals surface area contributed by atoms with Gasteiger partial charge in [-0.2, -0.15) is 0 Å². The molecule has 28 heavy (non-hydrogen) atoms. The van der Waals surface area contributed by atoms with Crippen molar-refractivity contribution in [2.75, 3.05) is 6.54 Å². The standard InChI is InChI=1S/C23H34N2O3/c1-3-4-5-6-7-8-9-10-11-14-17-24-22(27)20-21(26)18-15-12-13-16-19(18)25(2)23(20)28/h12-13,15-16,26H,3-11,14,17H2,1-2H3,(H,24,27). The van der Waals surface area contributed by atoms with Crippen molar-refractivity contribution in [2.45, 2.75) is 71.1 Å². The number of unbranched alkanes of at least 4 members (excludes halogenated alkanes) is 9. The highest BCUT2D eigenvalue weighted by Crippen LogP contribution is 2.25. The van der Waals surface area contributed by atoms with Crippen LogP contribution < -0.4 is 10.9 Å². The number of carbonyl (C=O) groups excluding carboxylic acids is 1. The van der Waals surface area contributed by atoms with Gasteiger partial charge in [-0.1, -0.05) is 76.8 Å². The van der Waals surface area contributed by atoms with Gasteiger partial charge in [0.05, 0.1) is 5.52 Å². The second kappa shape index (κ2) is 11.5. The van der Waals surface area contributed by atoms with E-state index in [0.29, 0.717) is 17.4 Å². The molecule has 0 unspecified atom stereocenters. The number of benzene rings is 1. The number of carbonyl (C=O) groups is 1. The number of hydrogen-bond donors (Lipinski definition) is 2. The number of fused-ring (bicyclic) bond motifs is 1. The smallest absolute Gasteiger partial charge is 0.267 e. The number of nitrogens with zero attached hydrogens (tertiary/aromatic N) is 1. The first-order chi connectivity index (χ1) is 13.6. The quantitative estimate of drug-likeness (QED) is 0.510. The first-order valence-electron chi connectivity index (χ1n) is 10.7. The predicted octanol–water partition coefficient (Wildman–Crippen LogP) is 4.89. The lowest BCUT2D eigenvalue weighted by Crippen LogP contribution is -2.33. The van der Waals surface area contributed by atoms with Crippen LogP contribution in [-0.4, -0.2) is 22.1 Å². The average Bonchev–Trinajstić information content (AvgIpc) is 2.70. The number of aryl methyl sites for hydroxylation is 1. The Labute approximate surface area is 167 Å². The number of nitrogens with one attached hydrogen (secondary N) is 1. The first-order valence-corrected chi connectivity index (χ1v) is 10.7. The molecule has 2 aromatic rings. The van der Waals surface area contributed by atoms with E-state index in [9.17, 15) is 14.7 Å². The minimum absolute atomic E-state index is 0.173. The number of amides is 1. The van der Waals surface area contributed by atoms with Gasteiger partial charge in [-0.15, -0.1) is 0 Å². The van der Waals surface area contributed by atoms with Crippen molar-refractivity contribution in [3.8, 4) is 5.75 Å². The molecule has 1 aromatic carbocycles. The lowest BCUT2D eigenvalue weighted by atomic mass is 10.1. The molecule has 0 bridgehead atoms. The highest BCUT2D eigenvalue weighted by atomic mass is 16.3. The zero-order chi connectivity index (χ0) is 20.4. The Bertz CT molecular complexity index is 826. The Morgan fingerprint density at radius 2 is 1.54 bits per heavy atom. The number of hydrogen-bond acceptors (Lipinski definition) is 3. The fourth-order valence-electron chi connectivity index (χ4n) is 3.59. The summed E-state index contributed by atoms with van der Waals surface area (Å²) < 4.78 is 1.41. The molecule has 0 saturated heterocycles. The Hall–Kier alpha value is -2.30. The normalized spacial score (nSPS) is 11.1. The largest absolute Gasteiger partial charge is 0.506 e. The maximum absolute atomic E-state index is 12.5. The van der Waals surface area contributed by atoms with E-state index in [0.717, 1.165) is 12.8 Å². The highest BCUT2D eigenvalue weighted by molar-refractivity contribution is 6.02. The minimum Gasteiger partial charge on any atom is -0.506 e. The van der Waals surface area contributed by atoms with Gasteiger partial charge in [0.1, 0.15) is 11.3 Å². The van der Waals surface area contributed by atoms with Crippen LogP contribution in [0.5, 0.6) is 5.75 Å². The van der Waals surface area contributed by atoms with Gasteiger partial charge in [-0.25, -0.2) is 0 Å². The van der Waals surface area contributed by atoms with E-state index in [-0.39, 0.29) is 11.3 Å². The summed E-state index contributed by atoms with van der Waals surface area (Å²) in [6.45, 7) is 2.75. The van der Waals surface area contributed by atoms with Crippen LogP contribution >= 0.6 is 0 Å². The second-order valence-electron chi connectivity index (χ2n) is 7.54. The highest BCUT2D eigenvalue weighted by Gasteiger charge is 2.20. The van der Waals surface area contributed by atoms with E-state index in [1.807, 2.05) is 0 Å². The fraction of sp³-hybridized carbons (Fsp3) is 0.565. The van der Waals surface area contributed by atoms with Crippen molar-refractivity contribution in [1.29, 1.82) is 0 Å². The predicted molar refractivity (Wildman–Crippen MR) is 115 cm³/mol. The van der Waals surface area contributed by atoms with E-state index in [2.05, 4.69) is 12.2 Å². The van der Waals surface area contributed by atoms with Gasteiger partial charge >= 0.3 is 0 Å². The molecule has 5 nitrogen and oxygen atoms in total. The minimum atomic E-state index is -0.500. The van der Waals surface area contributed by atoms with Crippen molar-refractivity contribution in [1.82, 2.24) is 9.88 Å². The summed E-state index contributed by atoms with van der Waals surface area (Å²) in [6.07, 6.45) is 12.3. The lowest BCUT2D eigenvalue weighted by Gasteiger charge is -2.12. The van der Waals surface area contributed by atoms with Crippen LogP contribution in [0.2, 0.25) is 0 Å². The van der Waals surface area contributed by atoms with Gasteiger partial charge < -0.3 is 15.0 Å². The Morgan fingerprint density at radius 1 is 0.964 bits per heavy atom. The second-order valence-corrected chi connectivity index (χ2v) is 7.54. The van der Waals surface area contributed by atoms with E-state index in [4.69, 9.17) is 0 Å². The van der Waals surface area contributed by atoms with Gasteiger partial charge in [0, 0.05) is 19.0 Å². The first kappa shape index (κ1) is 22.0. The van der Waals surface area contributed by atoms with Gasteiger partial charge in [-0.05, 0) is 18.6 Å². The molecule has 2 N–H and O–H groups in total. The van der Waals surface area contributed by atoms with Crippen LogP contribution in [0.1, 0.15) is 81.5 Å². The summed E-state index contributed by atoms with van der Waals surface area (Å²) in [4.78, 5) is 24.9. The van der Waals surface area contributed by atoms with E-state index in [1.54, 1.807) is 31.3 Å². The van der Waals surface area contributed by atoms with Gasteiger partial charge in [0.25, 0.3) is 11.5 Å². The average molecular weight is 387 g/mol. The molecule has 1 amide bonds. The molecule has 1 heterocycles. The maximum Gasteiger partial charge on any atom is 0.267 e. The monoisotopic (exact) mass is 386 g/mol. The summed E-state index contributed by atoms with van der Waals surface area (Å²) >= 11 is 0. The molecular weight excluding hydrogens is 352 g/mol. The van der Waals surface area contributed by atoms with Crippen LogP contribution in [0.15, 0.2) is 29.1 Å². The Balaban J connectivity index is 1.76. The van der Waals surface area contributed by atoms with Crippen LogP contribution in [0.25, 0.3) is 10.9 Å². The SMILES string of the molecule is CCCCCCCCCCCCNC(=O)c1c(O)c2ccccc2n(C)c1=O.